The number of rotatable bonds is 9. The number of benzene rings is 2. The second kappa shape index (κ2) is 9.06. The van der Waals surface area contributed by atoms with Crippen LogP contribution in [0.5, 0.6) is 5.75 Å². The molecule has 0 fully saturated rings. The smallest absolute Gasteiger partial charge is 0.211 e. The monoisotopic (exact) mass is 367 g/mol. The summed E-state index contributed by atoms with van der Waals surface area (Å²) in [4.78, 5) is 0. The summed E-state index contributed by atoms with van der Waals surface area (Å²) < 4.78 is 32.1. The number of halogens is 1. The Balaban J connectivity index is 1.68. The van der Waals surface area contributed by atoms with Gasteiger partial charge in [0.25, 0.3) is 0 Å². The third-order valence-corrected chi connectivity index (χ3v) is 5.25. The van der Waals surface area contributed by atoms with Crippen LogP contribution in [-0.2, 0) is 16.4 Å². The fourth-order valence-electron chi connectivity index (χ4n) is 2.32. The fourth-order valence-corrected chi connectivity index (χ4v) is 3.61. The van der Waals surface area contributed by atoms with Crippen LogP contribution < -0.4 is 9.46 Å². The van der Waals surface area contributed by atoms with E-state index >= 15 is 0 Å². The molecule has 0 radical (unpaired) electrons. The molecule has 0 bridgehead atoms. The molecule has 0 aliphatic rings. The quantitative estimate of drug-likeness (QED) is 0.689. The average molecular weight is 368 g/mol. The third kappa shape index (κ3) is 6.51. The van der Waals surface area contributed by atoms with Gasteiger partial charge < -0.3 is 4.74 Å². The van der Waals surface area contributed by atoms with Gasteiger partial charge in [-0.1, -0.05) is 41.9 Å². The molecule has 0 aliphatic heterocycles. The average Bonchev–Trinajstić information content (AvgIpc) is 2.54. The summed E-state index contributed by atoms with van der Waals surface area (Å²) in [5.41, 5.74) is 2.07. The molecule has 2 rings (SSSR count). The summed E-state index contributed by atoms with van der Waals surface area (Å²) in [6.45, 7) is 2.42. The molecule has 0 unspecified atom stereocenters. The zero-order valence-corrected chi connectivity index (χ0v) is 15.2. The molecular weight excluding hydrogens is 346 g/mol. The van der Waals surface area contributed by atoms with Crippen molar-refractivity contribution in [3.63, 3.8) is 0 Å². The molecule has 0 aromatic heterocycles. The van der Waals surface area contributed by atoms with Crippen LogP contribution in [0.25, 0.3) is 0 Å². The summed E-state index contributed by atoms with van der Waals surface area (Å²) in [6, 6.07) is 15.2. The molecule has 0 spiro atoms. The Hall–Kier alpha value is -1.56. The summed E-state index contributed by atoms with van der Waals surface area (Å²) in [5, 5.41) is 0.652. The van der Waals surface area contributed by atoms with E-state index in [1.165, 1.54) is 0 Å². The topological polar surface area (TPSA) is 55.4 Å². The molecule has 24 heavy (non-hydrogen) atoms. The largest absolute Gasteiger partial charge is 0.492 e. The van der Waals surface area contributed by atoms with Crippen molar-refractivity contribution in [3.05, 3.63) is 64.7 Å². The second-order valence-corrected chi connectivity index (χ2v) is 7.92. The summed E-state index contributed by atoms with van der Waals surface area (Å²) in [6.07, 6.45) is 1.35. The maximum atomic E-state index is 12.0. The summed E-state index contributed by atoms with van der Waals surface area (Å²) >= 11 is 5.88. The predicted molar refractivity (Wildman–Crippen MR) is 98.2 cm³/mol. The van der Waals surface area contributed by atoms with Gasteiger partial charge in [-0.2, -0.15) is 0 Å². The van der Waals surface area contributed by atoms with Gasteiger partial charge in [-0.05, 0) is 49.1 Å². The Bertz CT molecular complexity index is 748. The summed E-state index contributed by atoms with van der Waals surface area (Å²) in [7, 11) is -3.27. The van der Waals surface area contributed by atoms with Crippen LogP contribution in [0.15, 0.2) is 48.5 Å². The molecule has 2 aromatic rings. The molecule has 0 amide bonds. The highest BCUT2D eigenvalue weighted by molar-refractivity contribution is 7.89. The number of sulfonamides is 1. The van der Waals surface area contributed by atoms with E-state index in [1.807, 2.05) is 43.3 Å². The number of aryl methyl sites for hydroxylation is 2. The standard InChI is InChI=1S/C18H22ClNO3S/c1-15-14-17(19)9-10-18(15)23-12-11-20-24(21,22)13-5-8-16-6-3-2-4-7-16/h2-4,6-7,9-10,14,20H,5,8,11-13H2,1H3. The number of hydrogen-bond acceptors (Lipinski definition) is 3. The Morgan fingerprint density at radius 2 is 1.88 bits per heavy atom. The van der Waals surface area contributed by atoms with Crippen molar-refractivity contribution in [1.29, 1.82) is 0 Å². The zero-order chi connectivity index (χ0) is 17.4. The predicted octanol–water partition coefficient (Wildman–Crippen LogP) is 3.58. The molecule has 0 saturated heterocycles. The van der Waals surface area contributed by atoms with Gasteiger partial charge in [-0.3, -0.25) is 0 Å². The first-order valence-corrected chi connectivity index (χ1v) is 9.89. The second-order valence-electron chi connectivity index (χ2n) is 5.56. The van der Waals surface area contributed by atoms with E-state index in [0.29, 0.717) is 17.2 Å². The molecule has 0 aliphatic carbocycles. The molecule has 0 heterocycles. The minimum Gasteiger partial charge on any atom is -0.492 e. The number of ether oxygens (including phenoxy) is 1. The minimum atomic E-state index is -3.27. The molecule has 0 saturated carbocycles. The highest BCUT2D eigenvalue weighted by Crippen LogP contribution is 2.21. The van der Waals surface area contributed by atoms with E-state index in [0.717, 1.165) is 17.5 Å². The van der Waals surface area contributed by atoms with E-state index in [9.17, 15) is 8.42 Å². The Morgan fingerprint density at radius 1 is 1.12 bits per heavy atom. The molecule has 1 N–H and O–H groups in total. The first-order valence-electron chi connectivity index (χ1n) is 7.86. The molecule has 130 valence electrons. The van der Waals surface area contributed by atoms with Gasteiger partial charge in [0.15, 0.2) is 0 Å². The normalized spacial score (nSPS) is 11.4. The van der Waals surface area contributed by atoms with Crippen molar-refractivity contribution < 1.29 is 13.2 Å². The first kappa shape index (κ1) is 18.8. The molecule has 4 nitrogen and oxygen atoms in total. The van der Waals surface area contributed by atoms with Gasteiger partial charge in [-0.15, -0.1) is 0 Å². The minimum absolute atomic E-state index is 0.113. The SMILES string of the molecule is Cc1cc(Cl)ccc1OCCNS(=O)(=O)CCCc1ccccc1. The molecule has 6 heteroatoms. The Kier molecular flexibility index (Phi) is 7.09. The maximum Gasteiger partial charge on any atom is 0.211 e. The van der Waals surface area contributed by atoms with Crippen LogP contribution in [0.1, 0.15) is 17.5 Å². The van der Waals surface area contributed by atoms with E-state index in [4.69, 9.17) is 16.3 Å². The number of nitrogens with one attached hydrogen (secondary N) is 1. The van der Waals surface area contributed by atoms with Crippen molar-refractivity contribution in [2.75, 3.05) is 18.9 Å². The van der Waals surface area contributed by atoms with Crippen molar-refractivity contribution in [1.82, 2.24) is 4.72 Å². The van der Waals surface area contributed by atoms with Crippen LogP contribution in [0.4, 0.5) is 0 Å². The highest BCUT2D eigenvalue weighted by Gasteiger charge is 2.09. The third-order valence-electron chi connectivity index (χ3n) is 3.54. The maximum absolute atomic E-state index is 12.0. The lowest BCUT2D eigenvalue weighted by Gasteiger charge is -2.10. The van der Waals surface area contributed by atoms with Crippen molar-refractivity contribution >= 4 is 21.6 Å². The van der Waals surface area contributed by atoms with Crippen LogP contribution in [0, 0.1) is 6.92 Å². The zero-order valence-electron chi connectivity index (χ0n) is 13.7. The van der Waals surface area contributed by atoms with Crippen LogP contribution >= 0.6 is 11.6 Å². The van der Waals surface area contributed by atoms with Crippen LogP contribution in [0.3, 0.4) is 0 Å². The van der Waals surface area contributed by atoms with Crippen molar-refractivity contribution in [2.24, 2.45) is 0 Å². The summed E-state index contributed by atoms with van der Waals surface area (Å²) in [5.74, 6) is 0.824. The van der Waals surface area contributed by atoms with E-state index in [-0.39, 0.29) is 18.9 Å². The molecule has 2 aromatic carbocycles. The van der Waals surface area contributed by atoms with Crippen molar-refractivity contribution in [3.8, 4) is 5.75 Å². The first-order chi connectivity index (χ1) is 11.5. The van der Waals surface area contributed by atoms with Gasteiger partial charge >= 0.3 is 0 Å². The van der Waals surface area contributed by atoms with Gasteiger partial charge in [0.05, 0.1) is 5.75 Å². The van der Waals surface area contributed by atoms with Crippen LogP contribution in [-0.4, -0.2) is 27.3 Å². The van der Waals surface area contributed by atoms with Gasteiger partial charge in [0.1, 0.15) is 12.4 Å². The van der Waals surface area contributed by atoms with Gasteiger partial charge in [-0.25, -0.2) is 13.1 Å². The molecule has 0 atom stereocenters. The van der Waals surface area contributed by atoms with Gasteiger partial charge in [0.2, 0.25) is 10.0 Å². The van der Waals surface area contributed by atoms with Crippen LogP contribution in [0.2, 0.25) is 5.02 Å². The van der Waals surface area contributed by atoms with E-state index < -0.39 is 10.0 Å². The Labute approximate surface area is 148 Å². The lowest BCUT2D eigenvalue weighted by molar-refractivity contribution is 0.320. The highest BCUT2D eigenvalue weighted by atomic mass is 35.5. The fraction of sp³-hybridized carbons (Fsp3) is 0.333. The Morgan fingerprint density at radius 3 is 2.58 bits per heavy atom. The number of hydrogen-bond donors (Lipinski definition) is 1. The lowest BCUT2D eigenvalue weighted by atomic mass is 10.1. The van der Waals surface area contributed by atoms with Gasteiger partial charge in [0, 0.05) is 11.6 Å². The lowest BCUT2D eigenvalue weighted by Crippen LogP contribution is -2.30. The van der Waals surface area contributed by atoms with E-state index in [2.05, 4.69) is 4.72 Å². The molecular formula is C18H22ClNO3S. The van der Waals surface area contributed by atoms with E-state index in [1.54, 1.807) is 12.1 Å². The van der Waals surface area contributed by atoms with Crippen molar-refractivity contribution in [2.45, 2.75) is 19.8 Å².